The summed E-state index contributed by atoms with van der Waals surface area (Å²) in [5.41, 5.74) is 1.95. The van der Waals surface area contributed by atoms with E-state index in [4.69, 9.17) is 4.74 Å². The van der Waals surface area contributed by atoms with Crippen molar-refractivity contribution in [1.29, 1.82) is 0 Å². The highest BCUT2D eigenvalue weighted by molar-refractivity contribution is 6.04. The maximum Gasteiger partial charge on any atom is 0.418 e. The molecule has 2 aromatic rings. The molecule has 2 aromatic carbocycles. The molecule has 0 heterocycles. The van der Waals surface area contributed by atoms with Gasteiger partial charge in [-0.1, -0.05) is 12.1 Å². The van der Waals surface area contributed by atoms with Gasteiger partial charge in [-0.15, -0.1) is 0 Å². The quantitative estimate of drug-likeness (QED) is 0.748. The fraction of sp³-hybridized carbons (Fsp3) is 0.278. The van der Waals surface area contributed by atoms with Gasteiger partial charge in [0, 0.05) is 5.71 Å². The average Bonchev–Trinajstić information content (AvgIpc) is 2.54. The number of halogens is 3. The van der Waals surface area contributed by atoms with E-state index in [1.54, 1.807) is 13.2 Å². The molecule has 2 nitrogen and oxygen atoms in total. The number of ether oxygens (including phenoxy) is 1. The number of methoxy groups -OCH3 is 1. The Labute approximate surface area is 132 Å². The molecule has 0 bridgehead atoms. The summed E-state index contributed by atoms with van der Waals surface area (Å²) < 4.78 is 44.5. The molecule has 1 aliphatic rings. The highest BCUT2D eigenvalue weighted by atomic mass is 19.4. The number of hydrogen-bond acceptors (Lipinski definition) is 2. The molecule has 0 spiro atoms. The highest BCUT2D eigenvalue weighted by Crippen LogP contribution is 2.37. The SMILES string of the molecule is COc1ccc2c(c1)CCC/C2=N\c1ccccc1C(F)(F)F. The van der Waals surface area contributed by atoms with Gasteiger partial charge >= 0.3 is 6.18 Å². The van der Waals surface area contributed by atoms with Crippen LogP contribution in [0.1, 0.15) is 29.5 Å². The van der Waals surface area contributed by atoms with Gasteiger partial charge in [0.25, 0.3) is 0 Å². The number of fused-ring (bicyclic) bond motifs is 1. The molecular formula is C18H16F3NO. The van der Waals surface area contributed by atoms with Crippen LogP contribution in [0.3, 0.4) is 0 Å². The third kappa shape index (κ3) is 3.23. The first-order valence-electron chi connectivity index (χ1n) is 7.40. The summed E-state index contributed by atoms with van der Waals surface area (Å²) in [4.78, 5) is 4.34. The highest BCUT2D eigenvalue weighted by Gasteiger charge is 2.33. The van der Waals surface area contributed by atoms with Crippen molar-refractivity contribution in [2.24, 2.45) is 4.99 Å². The number of rotatable bonds is 2. The molecule has 0 amide bonds. The van der Waals surface area contributed by atoms with E-state index in [1.165, 1.54) is 12.1 Å². The zero-order valence-electron chi connectivity index (χ0n) is 12.7. The lowest BCUT2D eigenvalue weighted by Crippen LogP contribution is -2.12. The fourth-order valence-corrected chi connectivity index (χ4v) is 2.84. The molecule has 0 unspecified atom stereocenters. The van der Waals surface area contributed by atoms with Crippen LogP contribution in [0.5, 0.6) is 5.75 Å². The van der Waals surface area contributed by atoms with Gasteiger partial charge in [0.05, 0.1) is 18.4 Å². The number of hydrogen-bond donors (Lipinski definition) is 0. The first-order chi connectivity index (χ1) is 11.0. The van der Waals surface area contributed by atoms with Crippen LogP contribution in [0.15, 0.2) is 47.5 Å². The molecule has 120 valence electrons. The molecule has 0 aromatic heterocycles. The normalized spacial score (nSPS) is 16.3. The smallest absolute Gasteiger partial charge is 0.418 e. The Balaban J connectivity index is 2.06. The van der Waals surface area contributed by atoms with E-state index in [0.717, 1.165) is 35.8 Å². The Hall–Kier alpha value is -2.30. The standard InChI is InChI=1S/C18H16F3NO/c1-23-13-9-10-14-12(11-13)5-4-8-16(14)22-17-7-3-2-6-15(17)18(19,20)21/h2-3,6-7,9-11H,4-5,8H2,1H3/b22-16+. The molecule has 0 saturated heterocycles. The van der Waals surface area contributed by atoms with Crippen LogP contribution in [-0.4, -0.2) is 12.8 Å². The predicted molar refractivity (Wildman–Crippen MR) is 83.6 cm³/mol. The van der Waals surface area contributed by atoms with Crippen LogP contribution < -0.4 is 4.74 Å². The lowest BCUT2D eigenvalue weighted by molar-refractivity contribution is -0.137. The van der Waals surface area contributed by atoms with Gasteiger partial charge in [-0.25, -0.2) is 0 Å². The summed E-state index contributed by atoms with van der Waals surface area (Å²) in [5.74, 6) is 0.751. The van der Waals surface area contributed by atoms with Gasteiger partial charge in [-0.05, 0) is 60.7 Å². The van der Waals surface area contributed by atoms with E-state index in [9.17, 15) is 13.2 Å². The molecule has 0 saturated carbocycles. The number of para-hydroxylation sites is 1. The molecule has 23 heavy (non-hydrogen) atoms. The second-order valence-corrected chi connectivity index (χ2v) is 5.45. The van der Waals surface area contributed by atoms with Gasteiger partial charge in [-0.2, -0.15) is 13.2 Å². The summed E-state index contributed by atoms with van der Waals surface area (Å²) in [5, 5.41) is 0. The predicted octanol–water partition coefficient (Wildman–Crippen LogP) is 5.17. The minimum absolute atomic E-state index is 0.0290. The summed E-state index contributed by atoms with van der Waals surface area (Å²) in [6.45, 7) is 0. The van der Waals surface area contributed by atoms with Crippen LogP contribution in [0.2, 0.25) is 0 Å². The van der Waals surface area contributed by atoms with Crippen molar-refractivity contribution in [1.82, 2.24) is 0 Å². The van der Waals surface area contributed by atoms with E-state index in [0.29, 0.717) is 12.1 Å². The van der Waals surface area contributed by atoms with Crippen molar-refractivity contribution < 1.29 is 17.9 Å². The summed E-state index contributed by atoms with van der Waals surface area (Å²) in [7, 11) is 1.60. The van der Waals surface area contributed by atoms with E-state index < -0.39 is 11.7 Å². The van der Waals surface area contributed by atoms with Crippen molar-refractivity contribution in [2.75, 3.05) is 7.11 Å². The summed E-state index contributed by atoms with van der Waals surface area (Å²) in [6, 6.07) is 11.1. The Kier molecular flexibility index (Phi) is 4.11. The molecule has 0 fully saturated rings. The Morgan fingerprint density at radius 1 is 1.04 bits per heavy atom. The monoisotopic (exact) mass is 319 g/mol. The molecule has 3 rings (SSSR count). The Morgan fingerprint density at radius 2 is 1.83 bits per heavy atom. The molecule has 1 aliphatic carbocycles. The van der Waals surface area contributed by atoms with Crippen molar-refractivity contribution >= 4 is 11.4 Å². The van der Waals surface area contributed by atoms with Crippen LogP contribution in [-0.2, 0) is 12.6 Å². The van der Waals surface area contributed by atoms with Gasteiger partial charge in [0.1, 0.15) is 5.75 Å². The maximum atomic E-state index is 13.1. The molecular weight excluding hydrogens is 303 g/mol. The summed E-state index contributed by atoms with van der Waals surface area (Å²) in [6.07, 6.45) is -1.98. The van der Waals surface area contributed by atoms with Crippen LogP contribution in [0.4, 0.5) is 18.9 Å². The maximum absolute atomic E-state index is 13.1. The Morgan fingerprint density at radius 3 is 2.57 bits per heavy atom. The van der Waals surface area contributed by atoms with Crippen molar-refractivity contribution in [3.63, 3.8) is 0 Å². The second kappa shape index (κ2) is 6.07. The average molecular weight is 319 g/mol. The van der Waals surface area contributed by atoms with E-state index in [2.05, 4.69) is 4.99 Å². The molecule has 0 radical (unpaired) electrons. The number of benzene rings is 2. The minimum Gasteiger partial charge on any atom is -0.497 e. The van der Waals surface area contributed by atoms with E-state index in [-0.39, 0.29) is 5.69 Å². The third-order valence-corrected chi connectivity index (χ3v) is 3.95. The molecule has 0 N–H and O–H groups in total. The minimum atomic E-state index is -4.40. The fourth-order valence-electron chi connectivity index (χ4n) is 2.84. The first-order valence-corrected chi connectivity index (χ1v) is 7.40. The van der Waals surface area contributed by atoms with Gasteiger partial charge in [0.15, 0.2) is 0 Å². The third-order valence-electron chi connectivity index (χ3n) is 3.95. The van der Waals surface area contributed by atoms with Gasteiger partial charge < -0.3 is 4.74 Å². The van der Waals surface area contributed by atoms with Crippen molar-refractivity contribution in [2.45, 2.75) is 25.4 Å². The molecule has 0 aliphatic heterocycles. The number of aliphatic imine (C=N–C) groups is 1. The van der Waals surface area contributed by atoms with Crippen LogP contribution in [0, 0.1) is 0 Å². The zero-order chi connectivity index (χ0) is 16.4. The molecule has 5 heteroatoms. The van der Waals surface area contributed by atoms with Crippen molar-refractivity contribution in [3.8, 4) is 5.75 Å². The number of alkyl halides is 3. The van der Waals surface area contributed by atoms with Crippen molar-refractivity contribution in [3.05, 3.63) is 59.2 Å². The largest absolute Gasteiger partial charge is 0.497 e. The van der Waals surface area contributed by atoms with Crippen LogP contribution in [0.25, 0.3) is 0 Å². The lowest BCUT2D eigenvalue weighted by Gasteiger charge is -2.19. The first kappa shape index (κ1) is 15.6. The molecule has 0 atom stereocenters. The van der Waals surface area contributed by atoms with Gasteiger partial charge in [-0.3, -0.25) is 4.99 Å². The topological polar surface area (TPSA) is 21.6 Å². The zero-order valence-corrected chi connectivity index (χ0v) is 12.7. The Bertz CT molecular complexity index is 750. The number of aryl methyl sites for hydroxylation is 1. The summed E-state index contributed by atoms with van der Waals surface area (Å²) >= 11 is 0. The number of nitrogens with zero attached hydrogens (tertiary/aromatic N) is 1. The van der Waals surface area contributed by atoms with Crippen LogP contribution >= 0.6 is 0 Å². The van der Waals surface area contributed by atoms with E-state index in [1.807, 2.05) is 18.2 Å². The lowest BCUT2D eigenvalue weighted by atomic mass is 9.89. The van der Waals surface area contributed by atoms with E-state index >= 15 is 0 Å². The van der Waals surface area contributed by atoms with Gasteiger partial charge in [0.2, 0.25) is 0 Å². The second-order valence-electron chi connectivity index (χ2n) is 5.45.